The van der Waals surface area contributed by atoms with Crippen molar-refractivity contribution in [2.75, 3.05) is 0 Å². The lowest BCUT2D eigenvalue weighted by Crippen LogP contribution is -2.31. The summed E-state index contributed by atoms with van der Waals surface area (Å²) >= 11 is 0. The van der Waals surface area contributed by atoms with Gasteiger partial charge < -0.3 is 0 Å². The maximum absolute atomic E-state index is 5.88. The normalized spacial score (nSPS) is 13.6. The first-order valence-corrected chi connectivity index (χ1v) is 3.95. The SMILES string of the molecule is [B]C([B])(CC)C(C)(C)CC. The third-order valence-electron chi connectivity index (χ3n) is 2.73. The van der Waals surface area contributed by atoms with Gasteiger partial charge in [-0.2, -0.15) is 0 Å². The fourth-order valence-corrected chi connectivity index (χ4v) is 0.808. The van der Waals surface area contributed by atoms with Crippen LogP contribution in [-0.2, 0) is 0 Å². The van der Waals surface area contributed by atoms with E-state index in [1.54, 1.807) is 0 Å². The first-order valence-electron chi connectivity index (χ1n) is 3.95. The van der Waals surface area contributed by atoms with Crippen molar-refractivity contribution >= 4 is 15.7 Å². The summed E-state index contributed by atoms with van der Waals surface area (Å²) in [5, 5.41) is -0.512. The largest absolute Gasteiger partial charge is 0.0943 e. The molecule has 0 saturated carbocycles. The van der Waals surface area contributed by atoms with E-state index in [9.17, 15) is 0 Å². The van der Waals surface area contributed by atoms with Crippen LogP contribution in [0.4, 0.5) is 0 Å². The Kier molecular flexibility index (Phi) is 3.06. The molecule has 2 heteroatoms. The Balaban J connectivity index is 4.28. The van der Waals surface area contributed by atoms with Crippen molar-refractivity contribution in [3.63, 3.8) is 0 Å². The van der Waals surface area contributed by atoms with Crippen LogP contribution < -0.4 is 0 Å². The molecule has 0 aromatic heterocycles. The summed E-state index contributed by atoms with van der Waals surface area (Å²) in [7, 11) is 11.8. The van der Waals surface area contributed by atoms with Gasteiger partial charge in [-0.05, 0) is 5.41 Å². The van der Waals surface area contributed by atoms with E-state index in [1.807, 2.05) is 6.92 Å². The first-order chi connectivity index (χ1) is 4.37. The van der Waals surface area contributed by atoms with Gasteiger partial charge in [-0.15, -0.1) is 0 Å². The lowest BCUT2D eigenvalue weighted by molar-refractivity contribution is 0.288. The molecule has 0 aliphatic heterocycles. The minimum atomic E-state index is -0.512. The van der Waals surface area contributed by atoms with Gasteiger partial charge in [0.1, 0.15) is 0 Å². The summed E-state index contributed by atoms with van der Waals surface area (Å²) in [6.45, 7) is 8.36. The molecule has 0 spiro atoms. The van der Waals surface area contributed by atoms with Crippen molar-refractivity contribution in [2.45, 2.75) is 45.8 Å². The minimum Gasteiger partial charge on any atom is -0.0943 e. The maximum atomic E-state index is 5.88. The summed E-state index contributed by atoms with van der Waals surface area (Å²) in [4.78, 5) is 0. The van der Waals surface area contributed by atoms with Gasteiger partial charge in [0, 0.05) is 0 Å². The number of hydrogen-bond acceptors (Lipinski definition) is 0. The van der Waals surface area contributed by atoms with Crippen LogP contribution in [0.2, 0.25) is 5.21 Å². The second-order valence-electron chi connectivity index (χ2n) is 3.63. The quantitative estimate of drug-likeness (QED) is 0.519. The van der Waals surface area contributed by atoms with Gasteiger partial charge in [-0.25, -0.2) is 0 Å². The molecule has 0 aromatic rings. The molecule has 0 aliphatic rings. The molecule has 0 aromatic carbocycles. The number of rotatable bonds is 3. The van der Waals surface area contributed by atoms with Crippen molar-refractivity contribution in [3.8, 4) is 0 Å². The van der Waals surface area contributed by atoms with Gasteiger partial charge in [0.15, 0.2) is 0 Å². The topological polar surface area (TPSA) is 0 Å². The third kappa shape index (κ3) is 1.81. The van der Waals surface area contributed by atoms with E-state index < -0.39 is 5.21 Å². The molecule has 0 N–H and O–H groups in total. The van der Waals surface area contributed by atoms with Crippen LogP contribution in [0.25, 0.3) is 0 Å². The lowest BCUT2D eigenvalue weighted by atomic mass is 9.41. The van der Waals surface area contributed by atoms with E-state index in [2.05, 4.69) is 20.8 Å². The fourth-order valence-electron chi connectivity index (χ4n) is 0.808. The highest BCUT2D eigenvalue weighted by Gasteiger charge is 2.31. The molecule has 0 nitrogen and oxygen atoms in total. The Morgan fingerprint density at radius 1 is 1.00 bits per heavy atom. The second kappa shape index (κ2) is 3.02. The molecule has 0 saturated heterocycles. The van der Waals surface area contributed by atoms with E-state index in [0.29, 0.717) is 0 Å². The molecular weight excluding hydrogens is 118 g/mol. The molecule has 0 fully saturated rings. The molecule has 54 valence electrons. The van der Waals surface area contributed by atoms with Crippen LogP contribution in [-0.4, -0.2) is 15.7 Å². The van der Waals surface area contributed by atoms with Crippen molar-refractivity contribution in [1.82, 2.24) is 0 Å². The smallest absolute Gasteiger partial charge is 0.0627 e. The Bertz CT molecular complexity index is 91.8. The Morgan fingerprint density at radius 3 is 1.50 bits per heavy atom. The van der Waals surface area contributed by atoms with E-state index in [0.717, 1.165) is 12.8 Å². The predicted molar refractivity (Wildman–Crippen MR) is 48.6 cm³/mol. The molecule has 4 radical (unpaired) electrons. The van der Waals surface area contributed by atoms with Crippen LogP contribution in [0.5, 0.6) is 0 Å². The van der Waals surface area contributed by atoms with Crippen molar-refractivity contribution in [2.24, 2.45) is 5.41 Å². The summed E-state index contributed by atoms with van der Waals surface area (Å²) in [5.41, 5.74) is 0.0434. The van der Waals surface area contributed by atoms with Gasteiger partial charge >= 0.3 is 0 Å². The molecule has 0 heterocycles. The highest BCUT2D eigenvalue weighted by molar-refractivity contribution is 6.40. The molecule has 0 rings (SSSR count). The molecule has 10 heavy (non-hydrogen) atoms. The van der Waals surface area contributed by atoms with Crippen molar-refractivity contribution in [3.05, 3.63) is 0 Å². The summed E-state index contributed by atoms with van der Waals surface area (Å²) < 4.78 is 0. The van der Waals surface area contributed by atoms with Gasteiger partial charge in [0.25, 0.3) is 0 Å². The summed E-state index contributed by atoms with van der Waals surface area (Å²) in [6.07, 6.45) is 1.85. The van der Waals surface area contributed by atoms with Crippen molar-refractivity contribution in [1.29, 1.82) is 0 Å². The first kappa shape index (κ1) is 10.1. The average molecular weight is 134 g/mol. The molecule has 0 atom stereocenters. The number of hydrogen-bond donors (Lipinski definition) is 0. The predicted octanol–water partition coefficient (Wildman–Crippen LogP) is 2.29. The molecular formula is C8H16B2. The standard InChI is InChI=1S/C8H16B2/c1-5-7(3,4)8(9,10)6-2/h5-6H2,1-4H3. The lowest BCUT2D eigenvalue weighted by Gasteiger charge is -2.41. The molecule has 0 aliphatic carbocycles. The van der Waals surface area contributed by atoms with Crippen LogP contribution in [0, 0.1) is 5.41 Å². The van der Waals surface area contributed by atoms with E-state index in [-0.39, 0.29) is 5.41 Å². The zero-order valence-corrected chi connectivity index (χ0v) is 7.57. The Labute approximate surface area is 67.6 Å². The summed E-state index contributed by atoms with van der Waals surface area (Å²) in [6, 6.07) is 0. The van der Waals surface area contributed by atoms with Crippen LogP contribution in [0.3, 0.4) is 0 Å². The summed E-state index contributed by atoms with van der Waals surface area (Å²) in [5.74, 6) is 0. The fraction of sp³-hybridized carbons (Fsp3) is 1.00. The van der Waals surface area contributed by atoms with Crippen LogP contribution in [0.1, 0.15) is 40.5 Å². The van der Waals surface area contributed by atoms with E-state index in [4.69, 9.17) is 15.7 Å². The molecule has 0 amide bonds. The molecule has 0 bridgehead atoms. The highest BCUT2D eigenvalue weighted by Crippen LogP contribution is 2.44. The molecule has 0 unspecified atom stereocenters. The van der Waals surface area contributed by atoms with Crippen LogP contribution in [0.15, 0.2) is 0 Å². The average Bonchev–Trinajstić information content (AvgIpc) is 1.88. The van der Waals surface area contributed by atoms with Crippen LogP contribution >= 0.6 is 0 Å². The third-order valence-corrected chi connectivity index (χ3v) is 2.73. The van der Waals surface area contributed by atoms with Gasteiger partial charge in [0.2, 0.25) is 0 Å². The van der Waals surface area contributed by atoms with Gasteiger partial charge in [0.05, 0.1) is 15.7 Å². The van der Waals surface area contributed by atoms with E-state index >= 15 is 0 Å². The van der Waals surface area contributed by atoms with Gasteiger partial charge in [-0.1, -0.05) is 45.8 Å². The van der Waals surface area contributed by atoms with Gasteiger partial charge in [-0.3, -0.25) is 0 Å². The maximum Gasteiger partial charge on any atom is 0.0627 e. The van der Waals surface area contributed by atoms with Crippen molar-refractivity contribution < 1.29 is 0 Å². The zero-order valence-electron chi connectivity index (χ0n) is 7.57. The minimum absolute atomic E-state index is 0.0434. The van der Waals surface area contributed by atoms with E-state index in [1.165, 1.54) is 0 Å². The Hall–Kier alpha value is 0.130. The monoisotopic (exact) mass is 134 g/mol. The Morgan fingerprint density at radius 2 is 1.40 bits per heavy atom. The second-order valence-corrected chi connectivity index (χ2v) is 3.63. The zero-order chi connectivity index (χ0) is 8.41. The highest BCUT2D eigenvalue weighted by atomic mass is 14.3.